The van der Waals surface area contributed by atoms with Gasteiger partial charge in [0.1, 0.15) is 36.4 Å². The standard InChI is InChI=1S/C26H34FN6O7P/c1-16(25(35)38-17-8-6-7-9-17)32-41(36,40-18-10-4-3-5-11-18)37-13-12-20-21(34)26(2,27)22(39-20)19-14-29-24-23(28)30-15-31-33(19)24/h3-5,10-11,14-17,20-22,34H,6-9,12-13H2,1-2H3,(H,32,36)(H2,28,30,31). The van der Waals surface area contributed by atoms with Crippen molar-refractivity contribution in [2.24, 2.45) is 0 Å². The number of nitrogens with one attached hydrogen (secondary N) is 1. The first-order chi connectivity index (χ1) is 19.6. The molecule has 6 unspecified atom stereocenters. The average Bonchev–Trinajstić information content (AvgIpc) is 3.65. The number of anilines is 1. The summed E-state index contributed by atoms with van der Waals surface area (Å²) in [5.41, 5.74) is 4.09. The van der Waals surface area contributed by atoms with Crippen LogP contribution in [0.4, 0.5) is 10.2 Å². The quantitative estimate of drug-likeness (QED) is 0.219. The molecule has 13 nitrogen and oxygen atoms in total. The zero-order valence-electron chi connectivity index (χ0n) is 22.8. The molecule has 0 bridgehead atoms. The molecule has 1 saturated carbocycles. The summed E-state index contributed by atoms with van der Waals surface area (Å²) in [6.45, 7) is 2.47. The minimum absolute atomic E-state index is 0.0459. The van der Waals surface area contributed by atoms with Gasteiger partial charge in [0.2, 0.25) is 0 Å². The van der Waals surface area contributed by atoms with E-state index in [0.717, 1.165) is 25.7 Å². The molecule has 15 heteroatoms. The number of hydrogen-bond acceptors (Lipinski definition) is 11. The number of fused-ring (bicyclic) bond motifs is 1. The van der Waals surface area contributed by atoms with Gasteiger partial charge in [-0.1, -0.05) is 18.2 Å². The third-order valence-electron chi connectivity index (χ3n) is 7.30. The van der Waals surface area contributed by atoms with Gasteiger partial charge in [-0.25, -0.2) is 23.4 Å². The summed E-state index contributed by atoms with van der Waals surface area (Å²) < 4.78 is 53.7. The Labute approximate surface area is 236 Å². The number of para-hydroxylation sites is 1. The largest absolute Gasteiger partial charge is 0.461 e. The fourth-order valence-corrected chi connectivity index (χ4v) is 6.58. The van der Waals surface area contributed by atoms with Crippen LogP contribution in [-0.2, 0) is 23.4 Å². The number of ether oxygens (including phenoxy) is 2. The lowest BCUT2D eigenvalue weighted by Crippen LogP contribution is -2.39. The second-order valence-electron chi connectivity index (χ2n) is 10.4. The molecule has 3 heterocycles. The summed E-state index contributed by atoms with van der Waals surface area (Å²) in [7, 11) is -4.13. The van der Waals surface area contributed by atoms with Crippen molar-refractivity contribution in [1.82, 2.24) is 24.7 Å². The molecule has 2 aromatic heterocycles. The molecule has 0 spiro atoms. The van der Waals surface area contributed by atoms with Gasteiger partial charge in [0.15, 0.2) is 17.1 Å². The molecule has 5 rings (SSSR count). The first-order valence-corrected chi connectivity index (χ1v) is 15.1. The number of hydrogen-bond donors (Lipinski definition) is 3. The lowest BCUT2D eigenvalue weighted by molar-refractivity contribution is -0.150. The van der Waals surface area contributed by atoms with Gasteiger partial charge >= 0.3 is 13.7 Å². The molecular formula is C26H34FN6O7P. The smallest absolute Gasteiger partial charge is 0.459 e. The Morgan fingerprint density at radius 1 is 1.32 bits per heavy atom. The van der Waals surface area contributed by atoms with Crippen LogP contribution in [0.25, 0.3) is 5.65 Å². The first kappa shape index (κ1) is 29.3. The van der Waals surface area contributed by atoms with Gasteiger partial charge in [0.25, 0.3) is 0 Å². The Bertz CT molecular complexity index is 1400. The van der Waals surface area contributed by atoms with Crippen LogP contribution in [0, 0.1) is 0 Å². The van der Waals surface area contributed by atoms with E-state index in [9.17, 15) is 14.5 Å². The molecule has 2 aliphatic rings. The molecule has 1 saturated heterocycles. The Morgan fingerprint density at radius 3 is 2.78 bits per heavy atom. The minimum atomic E-state index is -4.13. The second kappa shape index (κ2) is 12.0. The number of carbonyl (C=O) groups excluding carboxylic acids is 1. The number of nitrogens with two attached hydrogens (primary N) is 1. The Balaban J connectivity index is 1.26. The number of halogens is 1. The summed E-state index contributed by atoms with van der Waals surface area (Å²) in [5, 5.41) is 17.5. The van der Waals surface area contributed by atoms with Crippen LogP contribution in [-0.4, -0.2) is 67.3 Å². The number of aromatic nitrogens is 4. The molecule has 0 amide bonds. The van der Waals surface area contributed by atoms with Gasteiger partial charge in [0, 0.05) is 6.42 Å². The summed E-state index contributed by atoms with van der Waals surface area (Å²) in [4.78, 5) is 20.7. The molecule has 1 aliphatic heterocycles. The third kappa shape index (κ3) is 6.36. The zero-order chi connectivity index (χ0) is 29.2. The van der Waals surface area contributed by atoms with E-state index in [-0.39, 0.29) is 42.0 Å². The summed E-state index contributed by atoms with van der Waals surface area (Å²) >= 11 is 0. The van der Waals surface area contributed by atoms with E-state index < -0.39 is 43.7 Å². The lowest BCUT2D eigenvalue weighted by Gasteiger charge is -2.25. The van der Waals surface area contributed by atoms with E-state index in [2.05, 4.69) is 20.2 Å². The van der Waals surface area contributed by atoms with Crippen molar-refractivity contribution in [3.63, 3.8) is 0 Å². The number of aliphatic hydroxyl groups excluding tert-OH is 1. The second-order valence-corrected chi connectivity index (χ2v) is 12.1. The van der Waals surface area contributed by atoms with E-state index in [0.29, 0.717) is 0 Å². The molecular weight excluding hydrogens is 558 g/mol. The SMILES string of the molecule is CC(NP(=O)(OCCC1OC(c2cnc3c(N)ncnn23)C(C)(F)C1O)Oc1ccccc1)C(=O)OC1CCCC1. The van der Waals surface area contributed by atoms with Crippen LogP contribution in [0.5, 0.6) is 5.75 Å². The normalized spacial score (nSPS) is 27.1. The fourth-order valence-electron chi connectivity index (χ4n) is 5.08. The minimum Gasteiger partial charge on any atom is -0.461 e. The van der Waals surface area contributed by atoms with Gasteiger partial charge < -0.3 is 24.8 Å². The van der Waals surface area contributed by atoms with Crippen molar-refractivity contribution in [2.45, 2.75) is 82.1 Å². The van der Waals surface area contributed by atoms with Crippen LogP contribution >= 0.6 is 7.75 Å². The van der Waals surface area contributed by atoms with Crippen LogP contribution < -0.4 is 15.3 Å². The highest BCUT2D eigenvalue weighted by Gasteiger charge is 2.55. The number of benzene rings is 1. The highest BCUT2D eigenvalue weighted by Crippen LogP contribution is 2.48. The predicted molar refractivity (Wildman–Crippen MR) is 145 cm³/mol. The Morgan fingerprint density at radius 2 is 2.05 bits per heavy atom. The maximum absolute atomic E-state index is 15.8. The van der Waals surface area contributed by atoms with Crippen molar-refractivity contribution in [3.8, 4) is 5.75 Å². The summed E-state index contributed by atoms with van der Waals surface area (Å²) in [5.74, 6) is -0.208. The molecule has 2 fully saturated rings. The van der Waals surface area contributed by atoms with Crippen molar-refractivity contribution < 1.29 is 37.4 Å². The first-order valence-electron chi connectivity index (χ1n) is 13.5. The van der Waals surface area contributed by atoms with E-state index >= 15 is 4.39 Å². The summed E-state index contributed by atoms with van der Waals surface area (Å²) in [6.07, 6.45) is 2.12. The molecule has 1 aliphatic carbocycles. The van der Waals surface area contributed by atoms with Crippen molar-refractivity contribution in [3.05, 3.63) is 48.5 Å². The molecule has 3 aromatic rings. The van der Waals surface area contributed by atoms with Crippen LogP contribution in [0.1, 0.15) is 57.7 Å². The van der Waals surface area contributed by atoms with Crippen molar-refractivity contribution >= 4 is 25.2 Å². The molecule has 6 atom stereocenters. The molecule has 4 N–H and O–H groups in total. The third-order valence-corrected chi connectivity index (χ3v) is 8.98. The number of rotatable bonds is 11. The van der Waals surface area contributed by atoms with Gasteiger partial charge in [-0.15, -0.1) is 0 Å². The van der Waals surface area contributed by atoms with Crippen molar-refractivity contribution in [2.75, 3.05) is 12.3 Å². The Hall–Kier alpha value is -3.16. The van der Waals surface area contributed by atoms with Crippen LogP contribution in [0.3, 0.4) is 0 Å². The highest BCUT2D eigenvalue weighted by atomic mass is 31.2. The van der Waals surface area contributed by atoms with E-state index in [1.54, 1.807) is 30.3 Å². The zero-order valence-corrected chi connectivity index (χ0v) is 23.7. The number of imidazole rings is 1. The molecule has 0 radical (unpaired) electrons. The number of nitrogen functional groups attached to an aromatic ring is 1. The van der Waals surface area contributed by atoms with Gasteiger partial charge in [-0.2, -0.15) is 10.2 Å². The number of alkyl halides is 1. The monoisotopic (exact) mass is 592 g/mol. The topological polar surface area (TPSA) is 172 Å². The van der Waals surface area contributed by atoms with E-state index in [1.807, 2.05) is 0 Å². The fraction of sp³-hybridized carbons (Fsp3) is 0.538. The number of carbonyl (C=O) groups is 1. The van der Waals surface area contributed by atoms with E-state index in [1.165, 1.54) is 30.9 Å². The number of esters is 1. The average molecular weight is 593 g/mol. The number of aliphatic hydroxyl groups is 1. The lowest BCUT2D eigenvalue weighted by atomic mass is 9.92. The number of nitrogens with zero attached hydrogens (tertiary/aromatic N) is 4. The maximum Gasteiger partial charge on any atom is 0.459 e. The molecule has 222 valence electrons. The van der Waals surface area contributed by atoms with Crippen LogP contribution in [0.2, 0.25) is 0 Å². The highest BCUT2D eigenvalue weighted by molar-refractivity contribution is 7.52. The van der Waals surface area contributed by atoms with Crippen LogP contribution in [0.15, 0.2) is 42.9 Å². The molecule has 1 aromatic carbocycles. The molecule has 41 heavy (non-hydrogen) atoms. The van der Waals surface area contributed by atoms with Gasteiger partial charge in [-0.05, 0) is 51.7 Å². The maximum atomic E-state index is 15.8. The van der Waals surface area contributed by atoms with Gasteiger partial charge in [0.05, 0.1) is 24.6 Å². The van der Waals surface area contributed by atoms with Crippen molar-refractivity contribution in [1.29, 1.82) is 0 Å². The Kier molecular flexibility index (Phi) is 8.57. The predicted octanol–water partition coefficient (Wildman–Crippen LogP) is 3.29. The summed E-state index contributed by atoms with van der Waals surface area (Å²) in [6, 6.07) is 7.34. The van der Waals surface area contributed by atoms with Gasteiger partial charge in [-0.3, -0.25) is 9.32 Å². The van der Waals surface area contributed by atoms with E-state index in [4.69, 9.17) is 24.3 Å².